The van der Waals surface area contributed by atoms with E-state index in [1.165, 1.54) is 14.2 Å². The number of ether oxygens (including phenoxy) is 3. The average Bonchev–Trinajstić information content (AvgIpc) is 2.82. The number of carboxylic acid groups (broad SMARTS) is 2. The summed E-state index contributed by atoms with van der Waals surface area (Å²) in [4.78, 5) is 26.5. The van der Waals surface area contributed by atoms with Crippen molar-refractivity contribution in [2.24, 2.45) is 0 Å². The average molecular weight is 468 g/mol. The second-order valence-corrected chi connectivity index (χ2v) is 7.82. The third kappa shape index (κ3) is 5.01. The maximum atomic E-state index is 12.4. The molecule has 180 valence electrons. The molecule has 0 saturated heterocycles. The van der Waals surface area contributed by atoms with Gasteiger partial charge in [-0.3, -0.25) is 0 Å². The molecule has 1 heterocycles. The van der Waals surface area contributed by atoms with Crippen molar-refractivity contribution in [2.45, 2.75) is 26.2 Å². The van der Waals surface area contributed by atoms with Crippen molar-refractivity contribution in [3.63, 3.8) is 0 Å². The molecule has 0 amide bonds. The summed E-state index contributed by atoms with van der Waals surface area (Å²) in [6, 6.07) is 14.3. The molecule has 0 spiro atoms. The number of para-hydroxylation sites is 1. The van der Waals surface area contributed by atoms with E-state index in [1.54, 1.807) is 36.9 Å². The molecule has 0 radical (unpaired) electrons. The summed E-state index contributed by atoms with van der Waals surface area (Å²) in [5, 5.41) is 20.2. The summed E-state index contributed by atoms with van der Waals surface area (Å²) >= 11 is 0. The number of aliphatic carboxylic acids is 2. The normalized spacial score (nSPS) is 14.3. The summed E-state index contributed by atoms with van der Waals surface area (Å²) in [6.07, 6.45) is 0.574. The van der Waals surface area contributed by atoms with Gasteiger partial charge in [-0.05, 0) is 50.1 Å². The van der Waals surface area contributed by atoms with Gasteiger partial charge in [0.05, 0.1) is 37.9 Å². The highest BCUT2D eigenvalue weighted by atomic mass is 16.5. The summed E-state index contributed by atoms with van der Waals surface area (Å²) in [5.74, 6) is -1.70. The molecule has 1 aliphatic rings. The summed E-state index contributed by atoms with van der Waals surface area (Å²) in [6.45, 7) is 4.23. The standard InChI is InChI=1S/C26H29NO7/c1-16-22(25(28)29)24(18-11-12-20(32-3)21(15-18)33-4)23(26(30)31)17(2)27(16)13-8-14-34-19-9-6-5-7-10-19/h5-7,9-12,15,24H,8,13-14H2,1-4H3,(H,28,29)(H,30,31). The largest absolute Gasteiger partial charge is 0.494 e. The minimum atomic E-state index is -1.17. The first-order valence-corrected chi connectivity index (χ1v) is 10.9. The summed E-state index contributed by atoms with van der Waals surface area (Å²) in [5.41, 5.74) is 1.51. The number of carbonyl (C=O) groups is 2. The van der Waals surface area contributed by atoms with Crippen molar-refractivity contribution in [1.29, 1.82) is 0 Å². The zero-order chi connectivity index (χ0) is 24.8. The lowest BCUT2D eigenvalue weighted by Crippen LogP contribution is -2.35. The highest BCUT2D eigenvalue weighted by Crippen LogP contribution is 2.44. The predicted molar refractivity (Wildman–Crippen MR) is 126 cm³/mol. The third-order valence-corrected chi connectivity index (χ3v) is 5.91. The number of methoxy groups -OCH3 is 2. The molecule has 8 nitrogen and oxygen atoms in total. The molecule has 0 aromatic heterocycles. The van der Waals surface area contributed by atoms with Gasteiger partial charge in [-0.2, -0.15) is 0 Å². The molecule has 0 unspecified atom stereocenters. The van der Waals surface area contributed by atoms with E-state index in [0.29, 0.717) is 48.0 Å². The van der Waals surface area contributed by atoms with Crippen LogP contribution in [0.2, 0.25) is 0 Å². The van der Waals surface area contributed by atoms with E-state index in [9.17, 15) is 19.8 Å². The molecule has 8 heteroatoms. The Morgan fingerprint density at radius 3 is 2.00 bits per heavy atom. The molecule has 2 aromatic carbocycles. The lowest BCUT2D eigenvalue weighted by molar-refractivity contribution is -0.133. The number of allylic oxidation sites excluding steroid dienone is 2. The molecule has 0 atom stereocenters. The Balaban J connectivity index is 1.96. The maximum Gasteiger partial charge on any atom is 0.334 e. The van der Waals surface area contributed by atoms with Crippen LogP contribution in [0.1, 0.15) is 31.7 Å². The smallest absolute Gasteiger partial charge is 0.334 e. The Hall–Kier alpha value is -3.94. The van der Waals surface area contributed by atoms with Gasteiger partial charge in [-0.1, -0.05) is 24.3 Å². The Morgan fingerprint density at radius 2 is 1.47 bits per heavy atom. The van der Waals surface area contributed by atoms with Crippen LogP contribution in [0.5, 0.6) is 17.2 Å². The van der Waals surface area contributed by atoms with E-state index in [4.69, 9.17) is 14.2 Å². The number of nitrogens with zero attached hydrogens (tertiary/aromatic N) is 1. The Labute approximate surface area is 198 Å². The third-order valence-electron chi connectivity index (χ3n) is 5.91. The molecule has 2 N–H and O–H groups in total. The van der Waals surface area contributed by atoms with Crippen LogP contribution in [0, 0.1) is 0 Å². The minimum absolute atomic E-state index is 0.0131. The van der Waals surface area contributed by atoms with Gasteiger partial charge in [0.25, 0.3) is 0 Å². The minimum Gasteiger partial charge on any atom is -0.494 e. The van der Waals surface area contributed by atoms with Crippen molar-refractivity contribution >= 4 is 11.9 Å². The molecular weight excluding hydrogens is 438 g/mol. The number of benzene rings is 2. The van der Waals surface area contributed by atoms with Gasteiger partial charge < -0.3 is 29.3 Å². The highest BCUT2D eigenvalue weighted by Gasteiger charge is 2.39. The SMILES string of the molecule is COc1ccc(C2C(C(=O)O)=C(C)N(CCCOc3ccccc3)C(C)=C2C(=O)O)cc1OC. The van der Waals surface area contributed by atoms with Gasteiger partial charge in [0.1, 0.15) is 5.75 Å². The van der Waals surface area contributed by atoms with Crippen molar-refractivity contribution in [2.75, 3.05) is 27.4 Å². The molecule has 34 heavy (non-hydrogen) atoms. The number of hydrogen-bond acceptors (Lipinski definition) is 6. The first-order chi connectivity index (χ1) is 16.3. The maximum absolute atomic E-state index is 12.4. The van der Waals surface area contributed by atoms with Crippen molar-refractivity contribution in [3.05, 3.63) is 76.6 Å². The summed E-state index contributed by atoms with van der Waals surface area (Å²) in [7, 11) is 2.97. The predicted octanol–water partition coefficient (Wildman–Crippen LogP) is 4.29. The fraction of sp³-hybridized carbons (Fsp3) is 0.308. The van der Waals surface area contributed by atoms with E-state index in [-0.39, 0.29) is 11.1 Å². The van der Waals surface area contributed by atoms with E-state index < -0.39 is 17.9 Å². The van der Waals surface area contributed by atoms with Crippen LogP contribution in [0.4, 0.5) is 0 Å². The second kappa shape index (κ2) is 10.8. The van der Waals surface area contributed by atoms with Gasteiger partial charge in [-0.25, -0.2) is 9.59 Å². The monoisotopic (exact) mass is 467 g/mol. The van der Waals surface area contributed by atoms with E-state index in [0.717, 1.165) is 5.75 Å². The Morgan fingerprint density at radius 1 is 0.882 bits per heavy atom. The Kier molecular flexibility index (Phi) is 7.83. The van der Waals surface area contributed by atoms with Crippen LogP contribution in [-0.4, -0.2) is 54.4 Å². The molecule has 2 aromatic rings. The zero-order valence-corrected chi connectivity index (χ0v) is 19.7. The number of carboxylic acids is 2. The highest BCUT2D eigenvalue weighted by molar-refractivity contribution is 5.98. The first-order valence-electron chi connectivity index (χ1n) is 10.9. The fourth-order valence-corrected chi connectivity index (χ4v) is 4.29. The van der Waals surface area contributed by atoms with Crippen molar-refractivity contribution < 1.29 is 34.0 Å². The summed E-state index contributed by atoms with van der Waals surface area (Å²) < 4.78 is 16.4. The van der Waals surface area contributed by atoms with Gasteiger partial charge in [0.2, 0.25) is 0 Å². The van der Waals surface area contributed by atoms with Crippen LogP contribution >= 0.6 is 0 Å². The number of rotatable bonds is 10. The molecule has 0 bridgehead atoms. The zero-order valence-electron chi connectivity index (χ0n) is 19.7. The molecule has 1 aliphatic heterocycles. The van der Waals surface area contributed by atoms with Gasteiger partial charge in [-0.15, -0.1) is 0 Å². The number of hydrogen-bond donors (Lipinski definition) is 2. The molecule has 0 fully saturated rings. The van der Waals surface area contributed by atoms with Crippen LogP contribution in [0.15, 0.2) is 71.1 Å². The van der Waals surface area contributed by atoms with Gasteiger partial charge in [0, 0.05) is 17.9 Å². The molecule has 3 rings (SSSR count). The van der Waals surface area contributed by atoms with Crippen LogP contribution < -0.4 is 14.2 Å². The van der Waals surface area contributed by atoms with Crippen LogP contribution in [0.3, 0.4) is 0 Å². The van der Waals surface area contributed by atoms with E-state index in [1.807, 2.05) is 30.3 Å². The van der Waals surface area contributed by atoms with E-state index >= 15 is 0 Å². The quantitative estimate of drug-likeness (QED) is 0.499. The lowest BCUT2D eigenvalue weighted by atomic mass is 9.79. The second-order valence-electron chi connectivity index (χ2n) is 7.82. The Bertz CT molecular complexity index is 1080. The fourth-order valence-electron chi connectivity index (χ4n) is 4.29. The van der Waals surface area contributed by atoms with Crippen molar-refractivity contribution in [3.8, 4) is 17.2 Å². The first kappa shape index (κ1) is 24.7. The van der Waals surface area contributed by atoms with E-state index in [2.05, 4.69) is 0 Å². The van der Waals surface area contributed by atoms with Crippen LogP contribution in [0.25, 0.3) is 0 Å². The molecule has 0 aliphatic carbocycles. The van der Waals surface area contributed by atoms with Crippen LogP contribution in [-0.2, 0) is 9.59 Å². The molecule has 0 saturated carbocycles. The van der Waals surface area contributed by atoms with Gasteiger partial charge in [0.15, 0.2) is 11.5 Å². The van der Waals surface area contributed by atoms with Crippen molar-refractivity contribution in [1.82, 2.24) is 4.90 Å². The topological polar surface area (TPSA) is 106 Å². The molecular formula is C26H29NO7. The lowest BCUT2D eigenvalue weighted by Gasteiger charge is -2.37. The van der Waals surface area contributed by atoms with Gasteiger partial charge >= 0.3 is 11.9 Å².